The summed E-state index contributed by atoms with van der Waals surface area (Å²) in [6.07, 6.45) is 2.22. The Morgan fingerprint density at radius 2 is 1.96 bits per heavy atom. The van der Waals surface area contributed by atoms with Gasteiger partial charge in [0.15, 0.2) is 9.84 Å². The molecule has 0 radical (unpaired) electrons. The van der Waals surface area contributed by atoms with Crippen LogP contribution in [0.3, 0.4) is 0 Å². The number of aliphatic carboxylic acids is 1. The lowest BCUT2D eigenvalue weighted by molar-refractivity contribution is -0.149. The zero-order chi connectivity index (χ0) is 18.4. The Hall–Kier alpha value is -1.89. The smallest absolute Gasteiger partial charge is 0.311 e. The zero-order valence-corrected chi connectivity index (χ0v) is 15.3. The second kappa shape index (κ2) is 6.12. The van der Waals surface area contributed by atoms with Crippen LogP contribution in [0, 0.1) is 11.3 Å². The van der Waals surface area contributed by atoms with Gasteiger partial charge in [-0.05, 0) is 44.7 Å². The molecule has 1 N–H and O–H groups in total. The Balaban J connectivity index is 1.95. The van der Waals surface area contributed by atoms with Gasteiger partial charge in [0.1, 0.15) is 0 Å². The van der Waals surface area contributed by atoms with E-state index in [9.17, 15) is 23.1 Å². The standard InChI is InChI=1S/C18H23NO5S/c1-12(2)25(23,24)15-8-4-3-7-14(15)16(20)19-10-13-6-5-9-18(13,11-19)17(21)22/h3-4,7-8,12-13H,5-6,9-11H2,1-2H3,(H,21,22)/t13-,18+/m0/s1. The van der Waals surface area contributed by atoms with Crippen molar-refractivity contribution in [2.75, 3.05) is 13.1 Å². The molecular weight excluding hydrogens is 342 g/mol. The lowest BCUT2D eigenvalue weighted by atomic mass is 9.81. The minimum absolute atomic E-state index is 0.0245. The van der Waals surface area contributed by atoms with Crippen LogP contribution >= 0.6 is 0 Å². The molecule has 0 bridgehead atoms. The van der Waals surface area contributed by atoms with Crippen molar-refractivity contribution in [3.05, 3.63) is 29.8 Å². The average molecular weight is 365 g/mol. The predicted octanol–water partition coefficient (Wildman–Crippen LogP) is 2.20. The number of benzene rings is 1. The summed E-state index contributed by atoms with van der Waals surface area (Å²) in [4.78, 5) is 26.3. The molecule has 0 aromatic heterocycles. The average Bonchev–Trinajstić information content (AvgIpc) is 3.12. The van der Waals surface area contributed by atoms with Crippen molar-refractivity contribution < 1.29 is 23.1 Å². The predicted molar refractivity (Wildman–Crippen MR) is 92.1 cm³/mol. The van der Waals surface area contributed by atoms with Gasteiger partial charge in [0, 0.05) is 13.1 Å². The van der Waals surface area contributed by atoms with Crippen molar-refractivity contribution in [1.82, 2.24) is 4.90 Å². The van der Waals surface area contributed by atoms with Crippen molar-refractivity contribution in [3.63, 3.8) is 0 Å². The first-order valence-corrected chi connectivity index (χ1v) is 10.1. The molecule has 25 heavy (non-hydrogen) atoms. The van der Waals surface area contributed by atoms with Crippen LogP contribution < -0.4 is 0 Å². The van der Waals surface area contributed by atoms with Crippen molar-refractivity contribution in [2.24, 2.45) is 11.3 Å². The SMILES string of the molecule is CC(C)S(=O)(=O)c1ccccc1C(=O)N1C[C@@H]2CCC[C@@]2(C(=O)O)C1. The fourth-order valence-electron chi connectivity index (χ4n) is 4.11. The molecular formula is C18H23NO5S. The first-order valence-electron chi connectivity index (χ1n) is 8.56. The molecule has 2 aliphatic rings. The molecule has 1 aliphatic heterocycles. The van der Waals surface area contributed by atoms with E-state index in [1.54, 1.807) is 26.0 Å². The van der Waals surface area contributed by atoms with Gasteiger partial charge >= 0.3 is 5.97 Å². The van der Waals surface area contributed by atoms with E-state index < -0.39 is 32.4 Å². The second-order valence-corrected chi connectivity index (χ2v) is 9.80. The molecule has 1 amide bonds. The van der Waals surface area contributed by atoms with Crippen molar-refractivity contribution in [2.45, 2.75) is 43.3 Å². The molecule has 0 spiro atoms. The summed E-state index contributed by atoms with van der Waals surface area (Å²) in [5, 5.41) is 9.03. The summed E-state index contributed by atoms with van der Waals surface area (Å²) in [7, 11) is -3.60. The van der Waals surface area contributed by atoms with Gasteiger partial charge in [0.25, 0.3) is 5.91 Å². The Morgan fingerprint density at radius 3 is 2.56 bits per heavy atom. The van der Waals surface area contributed by atoms with Crippen LogP contribution in [0.25, 0.3) is 0 Å². The van der Waals surface area contributed by atoms with Gasteiger partial charge in [0.05, 0.1) is 21.1 Å². The topological polar surface area (TPSA) is 91.8 Å². The fraction of sp³-hybridized carbons (Fsp3) is 0.556. The highest BCUT2D eigenvalue weighted by Gasteiger charge is 2.56. The number of rotatable bonds is 4. The van der Waals surface area contributed by atoms with E-state index in [0.717, 1.165) is 12.8 Å². The third-order valence-corrected chi connectivity index (χ3v) is 7.84. The van der Waals surface area contributed by atoms with Gasteiger partial charge in [-0.2, -0.15) is 0 Å². The number of amides is 1. The first kappa shape index (κ1) is 17.9. The van der Waals surface area contributed by atoms with Crippen molar-refractivity contribution in [1.29, 1.82) is 0 Å². The van der Waals surface area contributed by atoms with E-state index in [-0.39, 0.29) is 22.9 Å². The number of likely N-dealkylation sites (tertiary alicyclic amines) is 1. The maximum Gasteiger partial charge on any atom is 0.311 e. The van der Waals surface area contributed by atoms with Crippen LogP contribution in [0.15, 0.2) is 29.2 Å². The minimum atomic E-state index is -3.60. The van der Waals surface area contributed by atoms with Crippen LogP contribution in [-0.4, -0.2) is 48.6 Å². The number of hydrogen-bond donors (Lipinski definition) is 1. The highest BCUT2D eigenvalue weighted by atomic mass is 32.2. The summed E-state index contributed by atoms with van der Waals surface area (Å²) >= 11 is 0. The minimum Gasteiger partial charge on any atom is -0.481 e. The van der Waals surface area contributed by atoms with Gasteiger partial charge in [-0.15, -0.1) is 0 Å². The largest absolute Gasteiger partial charge is 0.481 e. The lowest BCUT2D eigenvalue weighted by Crippen LogP contribution is -2.37. The van der Waals surface area contributed by atoms with Gasteiger partial charge < -0.3 is 10.0 Å². The second-order valence-electron chi connectivity index (χ2n) is 7.33. The number of sulfone groups is 1. The van der Waals surface area contributed by atoms with Gasteiger partial charge in [-0.1, -0.05) is 18.6 Å². The summed E-state index contributed by atoms with van der Waals surface area (Å²) in [5.74, 6) is -1.30. The van der Waals surface area contributed by atoms with E-state index in [2.05, 4.69) is 0 Å². The number of carbonyl (C=O) groups excluding carboxylic acids is 1. The van der Waals surface area contributed by atoms with E-state index >= 15 is 0 Å². The molecule has 136 valence electrons. The van der Waals surface area contributed by atoms with Crippen LogP contribution in [0.5, 0.6) is 0 Å². The van der Waals surface area contributed by atoms with Gasteiger partial charge in [0.2, 0.25) is 0 Å². The first-order chi connectivity index (χ1) is 11.7. The Kier molecular flexibility index (Phi) is 4.39. The molecule has 1 saturated carbocycles. The Bertz CT molecular complexity index is 817. The van der Waals surface area contributed by atoms with E-state index in [4.69, 9.17) is 0 Å². The third kappa shape index (κ3) is 2.74. The summed E-state index contributed by atoms with van der Waals surface area (Å²) in [6, 6.07) is 6.20. The molecule has 1 aliphatic carbocycles. The molecule has 6 nitrogen and oxygen atoms in total. The summed E-state index contributed by atoms with van der Waals surface area (Å²) in [6.45, 7) is 3.69. The molecule has 1 saturated heterocycles. The van der Waals surface area contributed by atoms with E-state index in [1.807, 2.05) is 0 Å². The molecule has 0 unspecified atom stereocenters. The van der Waals surface area contributed by atoms with Gasteiger partial charge in [-0.25, -0.2) is 8.42 Å². The van der Waals surface area contributed by atoms with Crippen molar-refractivity contribution in [3.8, 4) is 0 Å². The van der Waals surface area contributed by atoms with Gasteiger partial charge in [-0.3, -0.25) is 9.59 Å². The quantitative estimate of drug-likeness (QED) is 0.883. The normalized spacial score (nSPS) is 26.0. The molecule has 1 aromatic rings. The molecule has 2 atom stereocenters. The number of carboxylic acid groups (broad SMARTS) is 1. The van der Waals surface area contributed by atoms with Crippen LogP contribution in [-0.2, 0) is 14.6 Å². The van der Waals surface area contributed by atoms with Crippen LogP contribution in [0.2, 0.25) is 0 Å². The number of nitrogens with zero attached hydrogens (tertiary/aromatic N) is 1. The molecule has 1 aromatic carbocycles. The zero-order valence-electron chi connectivity index (χ0n) is 14.4. The number of fused-ring (bicyclic) bond motifs is 1. The van der Waals surface area contributed by atoms with Crippen LogP contribution in [0.1, 0.15) is 43.5 Å². The maximum atomic E-state index is 13.0. The molecule has 1 heterocycles. The Morgan fingerprint density at radius 1 is 1.28 bits per heavy atom. The van der Waals surface area contributed by atoms with Crippen molar-refractivity contribution >= 4 is 21.7 Å². The number of carbonyl (C=O) groups is 2. The van der Waals surface area contributed by atoms with E-state index in [1.165, 1.54) is 17.0 Å². The monoisotopic (exact) mass is 365 g/mol. The third-order valence-electron chi connectivity index (χ3n) is 5.63. The summed E-state index contributed by atoms with van der Waals surface area (Å²) < 4.78 is 25.1. The highest BCUT2D eigenvalue weighted by Crippen LogP contribution is 2.49. The van der Waals surface area contributed by atoms with E-state index in [0.29, 0.717) is 13.0 Å². The van der Waals surface area contributed by atoms with Crippen LogP contribution in [0.4, 0.5) is 0 Å². The fourth-order valence-corrected chi connectivity index (χ4v) is 5.35. The maximum absolute atomic E-state index is 13.0. The molecule has 2 fully saturated rings. The Labute approximate surface area is 147 Å². The molecule has 7 heteroatoms. The highest BCUT2D eigenvalue weighted by molar-refractivity contribution is 7.92. The molecule has 3 rings (SSSR count). The number of carboxylic acids is 1. The summed E-state index contributed by atoms with van der Waals surface area (Å²) in [5.41, 5.74) is -0.738. The lowest BCUT2D eigenvalue weighted by Gasteiger charge is -2.24. The number of hydrogen-bond acceptors (Lipinski definition) is 4.